The molecule has 0 saturated carbocycles. The summed E-state index contributed by atoms with van der Waals surface area (Å²) in [5, 5.41) is 26.7. The molecule has 112 valence electrons. The van der Waals surface area contributed by atoms with Crippen LogP contribution in [0.1, 0.15) is 21.5 Å². The van der Waals surface area contributed by atoms with E-state index >= 15 is 0 Å². The molecule has 0 spiro atoms. The van der Waals surface area contributed by atoms with Gasteiger partial charge in [0.25, 0.3) is 0 Å². The highest BCUT2D eigenvalue weighted by Gasteiger charge is 2.19. The van der Waals surface area contributed by atoms with Crippen LogP contribution < -0.4 is 0 Å². The van der Waals surface area contributed by atoms with Gasteiger partial charge in [0.1, 0.15) is 0 Å². The van der Waals surface area contributed by atoms with Gasteiger partial charge in [0.15, 0.2) is 11.5 Å². The first kappa shape index (κ1) is 15.3. The van der Waals surface area contributed by atoms with Crippen molar-refractivity contribution in [2.24, 2.45) is 0 Å². The Kier molecular flexibility index (Phi) is 4.27. The largest absolute Gasteiger partial charge is 0.504 e. The van der Waals surface area contributed by atoms with E-state index in [1.54, 1.807) is 25.1 Å². The summed E-state index contributed by atoms with van der Waals surface area (Å²) in [5.41, 5.74) is 1.86. The van der Waals surface area contributed by atoms with E-state index in [2.05, 4.69) is 0 Å². The second-order valence-electron chi connectivity index (χ2n) is 4.71. The van der Waals surface area contributed by atoms with Crippen LogP contribution >= 0.6 is 0 Å². The van der Waals surface area contributed by atoms with Gasteiger partial charge in [0.2, 0.25) is 17.3 Å². The molecule has 0 bridgehead atoms. The maximum atomic E-state index is 11.2. The predicted molar refractivity (Wildman–Crippen MR) is 81.0 cm³/mol. The van der Waals surface area contributed by atoms with Crippen LogP contribution in [0.15, 0.2) is 42.5 Å². The van der Waals surface area contributed by atoms with Gasteiger partial charge < -0.3 is 15.3 Å². The number of carbonyl (C=O) groups is 2. The number of fused-ring (bicyclic) bond motifs is 1. The Hall–Kier alpha value is -3.08. The summed E-state index contributed by atoms with van der Waals surface area (Å²) >= 11 is 0. The molecule has 1 aliphatic rings. The van der Waals surface area contributed by atoms with E-state index in [9.17, 15) is 9.59 Å². The number of aromatic hydroxyl groups is 3. The minimum atomic E-state index is -0.458. The number of aryl methyl sites for hydroxylation is 1. The average molecular weight is 298 g/mol. The highest BCUT2D eigenvalue weighted by molar-refractivity contribution is 6.49. The Morgan fingerprint density at radius 2 is 1.50 bits per heavy atom. The number of allylic oxidation sites excluding steroid dienone is 1. The maximum Gasteiger partial charge on any atom is 0.233 e. The van der Waals surface area contributed by atoms with Crippen molar-refractivity contribution in [1.29, 1.82) is 0 Å². The number of hydrogen-bond donors (Lipinski definition) is 3. The van der Waals surface area contributed by atoms with Crippen LogP contribution in [0.3, 0.4) is 0 Å². The lowest BCUT2D eigenvalue weighted by Crippen LogP contribution is -2.15. The maximum absolute atomic E-state index is 11.2. The average Bonchev–Trinajstić information content (AvgIpc) is 2.54. The molecule has 5 heteroatoms. The Bertz CT molecular complexity index is 748. The van der Waals surface area contributed by atoms with Gasteiger partial charge >= 0.3 is 0 Å². The van der Waals surface area contributed by atoms with Gasteiger partial charge in [-0.2, -0.15) is 0 Å². The van der Waals surface area contributed by atoms with Crippen LogP contribution in [0.5, 0.6) is 17.2 Å². The standard InChI is InChI=1S/C10H6O2.C7H8O3/c11-9-6-5-7-3-1-2-4-8(7)10(9)12;1-4-2-3-5(8)7(10)6(4)9/h1-6H;2-3,8-10H,1H3. The van der Waals surface area contributed by atoms with Crippen molar-refractivity contribution < 1.29 is 24.9 Å². The highest BCUT2D eigenvalue weighted by Crippen LogP contribution is 2.36. The summed E-state index contributed by atoms with van der Waals surface area (Å²) in [6, 6.07) is 9.92. The van der Waals surface area contributed by atoms with E-state index in [1.807, 2.05) is 12.1 Å². The van der Waals surface area contributed by atoms with E-state index < -0.39 is 17.3 Å². The van der Waals surface area contributed by atoms with Gasteiger partial charge in [0.05, 0.1) is 0 Å². The summed E-state index contributed by atoms with van der Waals surface area (Å²) < 4.78 is 0. The van der Waals surface area contributed by atoms with Gasteiger partial charge in [-0.1, -0.05) is 36.4 Å². The summed E-state index contributed by atoms with van der Waals surface area (Å²) in [5.74, 6) is -1.87. The zero-order valence-corrected chi connectivity index (χ0v) is 11.8. The number of phenols is 3. The van der Waals surface area contributed by atoms with Gasteiger partial charge in [-0.15, -0.1) is 0 Å². The van der Waals surface area contributed by atoms with Crippen molar-refractivity contribution in [3.05, 3.63) is 59.2 Å². The minimum absolute atomic E-state index is 0.264. The topological polar surface area (TPSA) is 94.8 Å². The second-order valence-corrected chi connectivity index (χ2v) is 4.71. The number of benzene rings is 2. The molecule has 5 nitrogen and oxygen atoms in total. The first-order valence-corrected chi connectivity index (χ1v) is 6.48. The molecule has 0 heterocycles. The van der Waals surface area contributed by atoms with Gasteiger partial charge in [0, 0.05) is 5.56 Å². The fraction of sp³-hybridized carbons (Fsp3) is 0.0588. The molecule has 0 aromatic heterocycles. The number of hydrogen-bond acceptors (Lipinski definition) is 5. The Balaban J connectivity index is 0.000000164. The molecule has 0 amide bonds. The van der Waals surface area contributed by atoms with Crippen LogP contribution in [0.2, 0.25) is 0 Å². The lowest BCUT2D eigenvalue weighted by Gasteiger charge is -2.06. The van der Waals surface area contributed by atoms with Crippen molar-refractivity contribution in [3.63, 3.8) is 0 Å². The van der Waals surface area contributed by atoms with E-state index in [4.69, 9.17) is 15.3 Å². The molecule has 3 rings (SSSR count). The van der Waals surface area contributed by atoms with Crippen molar-refractivity contribution in [3.8, 4) is 17.2 Å². The zero-order valence-electron chi connectivity index (χ0n) is 11.8. The first-order valence-electron chi connectivity index (χ1n) is 6.48. The first-order chi connectivity index (χ1) is 10.4. The Morgan fingerprint density at radius 1 is 0.818 bits per heavy atom. The molecule has 0 atom stereocenters. The molecule has 2 aromatic rings. The summed E-state index contributed by atoms with van der Waals surface area (Å²) in [6.45, 7) is 1.63. The monoisotopic (exact) mass is 298 g/mol. The number of carbonyl (C=O) groups excluding carboxylic acids is 2. The fourth-order valence-electron chi connectivity index (χ4n) is 1.89. The zero-order chi connectivity index (χ0) is 16.3. The smallest absolute Gasteiger partial charge is 0.233 e. The van der Waals surface area contributed by atoms with Gasteiger partial charge in [-0.25, -0.2) is 0 Å². The third kappa shape index (κ3) is 2.98. The molecule has 2 aromatic carbocycles. The van der Waals surface area contributed by atoms with Crippen LogP contribution in [0.25, 0.3) is 6.08 Å². The number of Topliss-reactive ketones (excluding diaryl/α,β-unsaturated/α-hetero) is 1. The normalized spacial score (nSPS) is 12.4. The number of ketones is 2. The molecule has 0 fully saturated rings. The third-order valence-corrected chi connectivity index (χ3v) is 3.18. The lowest BCUT2D eigenvalue weighted by atomic mass is 9.96. The minimum Gasteiger partial charge on any atom is -0.504 e. The highest BCUT2D eigenvalue weighted by atomic mass is 16.3. The molecule has 0 unspecified atom stereocenters. The molecule has 0 saturated heterocycles. The van der Waals surface area contributed by atoms with Crippen molar-refractivity contribution in [1.82, 2.24) is 0 Å². The van der Waals surface area contributed by atoms with Crippen LogP contribution in [0, 0.1) is 6.92 Å². The van der Waals surface area contributed by atoms with Crippen LogP contribution in [-0.2, 0) is 4.79 Å². The summed E-state index contributed by atoms with van der Waals surface area (Å²) in [6.07, 6.45) is 2.98. The molecule has 0 aliphatic heterocycles. The Labute approximate surface area is 126 Å². The van der Waals surface area contributed by atoms with E-state index in [1.165, 1.54) is 18.2 Å². The van der Waals surface area contributed by atoms with E-state index in [0.717, 1.165) is 5.56 Å². The summed E-state index contributed by atoms with van der Waals surface area (Å²) in [7, 11) is 0. The van der Waals surface area contributed by atoms with Crippen LogP contribution in [-0.4, -0.2) is 26.9 Å². The van der Waals surface area contributed by atoms with Crippen LogP contribution in [0.4, 0.5) is 0 Å². The van der Waals surface area contributed by atoms with Gasteiger partial charge in [-0.3, -0.25) is 9.59 Å². The van der Waals surface area contributed by atoms with Crippen molar-refractivity contribution in [2.75, 3.05) is 0 Å². The number of phenolic OH excluding ortho intramolecular Hbond substituents is 3. The number of rotatable bonds is 0. The predicted octanol–water partition coefficient (Wildman–Crippen LogP) is 2.58. The molecule has 0 radical (unpaired) electrons. The lowest BCUT2D eigenvalue weighted by molar-refractivity contribution is -0.110. The Morgan fingerprint density at radius 3 is 2.18 bits per heavy atom. The SMILES string of the molecule is Cc1ccc(O)c(O)c1O.O=C1C=Cc2ccccc2C1=O. The fourth-order valence-corrected chi connectivity index (χ4v) is 1.89. The molecular formula is C17H14O5. The second kappa shape index (κ2) is 6.13. The molecular weight excluding hydrogens is 284 g/mol. The van der Waals surface area contributed by atoms with Crippen molar-refractivity contribution in [2.45, 2.75) is 6.92 Å². The molecule has 1 aliphatic carbocycles. The molecule has 3 N–H and O–H groups in total. The van der Waals surface area contributed by atoms with E-state index in [-0.39, 0.29) is 11.5 Å². The molecule has 22 heavy (non-hydrogen) atoms. The summed E-state index contributed by atoms with van der Waals surface area (Å²) in [4.78, 5) is 22.1. The van der Waals surface area contributed by atoms with Gasteiger partial charge in [-0.05, 0) is 30.2 Å². The van der Waals surface area contributed by atoms with Crippen molar-refractivity contribution >= 4 is 17.6 Å². The van der Waals surface area contributed by atoms with E-state index in [0.29, 0.717) is 11.1 Å². The quantitative estimate of drug-likeness (QED) is 0.513. The third-order valence-electron chi connectivity index (χ3n) is 3.18.